The van der Waals surface area contributed by atoms with E-state index in [0.717, 1.165) is 24.2 Å². The van der Waals surface area contributed by atoms with Gasteiger partial charge in [-0.15, -0.1) is 11.3 Å². The summed E-state index contributed by atoms with van der Waals surface area (Å²) in [4.78, 5) is 25.2. The molecule has 120 valence electrons. The lowest BCUT2D eigenvalue weighted by molar-refractivity contribution is -0.128. The molecule has 1 saturated heterocycles. The van der Waals surface area contributed by atoms with Gasteiger partial charge in [-0.3, -0.25) is 4.79 Å². The number of nitrogens with zero attached hydrogens (tertiary/aromatic N) is 1. The van der Waals surface area contributed by atoms with Gasteiger partial charge in [0, 0.05) is 25.0 Å². The standard InChI is InChI=1S/C13H16N2O5S2/c1-20-13(17)12-10(4-5-21-12)22(18,19)14-8-6-11(16)15(7-8)9-2-3-9/h4-5,8-9,14H,2-3,6-7H2,1H3/t8-/m0/s1. The molecule has 1 aromatic rings. The van der Waals surface area contributed by atoms with Crippen LogP contribution >= 0.6 is 11.3 Å². The fraction of sp³-hybridized carbons (Fsp3) is 0.538. The van der Waals surface area contributed by atoms with Gasteiger partial charge in [0.2, 0.25) is 15.9 Å². The van der Waals surface area contributed by atoms with Gasteiger partial charge < -0.3 is 9.64 Å². The van der Waals surface area contributed by atoms with Crippen LogP contribution in [0.4, 0.5) is 0 Å². The Morgan fingerprint density at radius 1 is 1.45 bits per heavy atom. The molecule has 2 heterocycles. The van der Waals surface area contributed by atoms with E-state index in [2.05, 4.69) is 9.46 Å². The minimum atomic E-state index is -3.86. The Bertz CT molecular complexity index is 708. The molecular formula is C13H16N2O5S2. The van der Waals surface area contributed by atoms with Gasteiger partial charge in [0.25, 0.3) is 0 Å². The zero-order valence-electron chi connectivity index (χ0n) is 11.9. The monoisotopic (exact) mass is 344 g/mol. The minimum Gasteiger partial charge on any atom is -0.465 e. The Hall–Kier alpha value is -1.45. The summed E-state index contributed by atoms with van der Waals surface area (Å²) in [7, 11) is -2.65. The van der Waals surface area contributed by atoms with E-state index in [1.54, 1.807) is 4.90 Å². The molecule has 2 fully saturated rings. The third kappa shape index (κ3) is 2.88. The molecule has 0 aromatic carbocycles. The molecule has 1 amide bonds. The number of carbonyl (C=O) groups is 2. The normalized spacial score (nSPS) is 22.1. The lowest BCUT2D eigenvalue weighted by Crippen LogP contribution is -2.37. The predicted molar refractivity (Wildman–Crippen MR) is 79.1 cm³/mol. The van der Waals surface area contributed by atoms with Crippen molar-refractivity contribution >= 4 is 33.2 Å². The molecule has 0 radical (unpaired) electrons. The molecule has 1 N–H and O–H groups in total. The summed E-state index contributed by atoms with van der Waals surface area (Å²) in [5, 5.41) is 1.52. The van der Waals surface area contributed by atoms with E-state index in [4.69, 9.17) is 0 Å². The third-order valence-corrected chi connectivity index (χ3v) is 6.34. The molecule has 2 aliphatic rings. The van der Waals surface area contributed by atoms with Crippen LogP contribution in [0.25, 0.3) is 0 Å². The number of carbonyl (C=O) groups excluding carboxylic acids is 2. The van der Waals surface area contributed by atoms with Crippen molar-refractivity contribution in [3.63, 3.8) is 0 Å². The summed E-state index contributed by atoms with van der Waals surface area (Å²) < 4.78 is 32.0. The van der Waals surface area contributed by atoms with Crippen molar-refractivity contribution in [2.75, 3.05) is 13.7 Å². The Kier molecular flexibility index (Phi) is 3.96. The summed E-state index contributed by atoms with van der Waals surface area (Å²) in [6.07, 6.45) is 2.14. The van der Waals surface area contributed by atoms with Crippen molar-refractivity contribution in [3.8, 4) is 0 Å². The first-order valence-electron chi connectivity index (χ1n) is 6.90. The quantitative estimate of drug-likeness (QED) is 0.789. The maximum atomic E-state index is 12.4. The van der Waals surface area contributed by atoms with Gasteiger partial charge in [0.1, 0.15) is 9.77 Å². The van der Waals surface area contributed by atoms with Crippen LogP contribution in [0.5, 0.6) is 0 Å². The van der Waals surface area contributed by atoms with Crippen LogP contribution in [0, 0.1) is 0 Å². The summed E-state index contributed by atoms with van der Waals surface area (Å²) in [5.41, 5.74) is 0. The van der Waals surface area contributed by atoms with Crippen LogP contribution < -0.4 is 4.72 Å². The average Bonchev–Trinajstić information content (AvgIpc) is 3.05. The second-order valence-electron chi connectivity index (χ2n) is 5.41. The fourth-order valence-corrected chi connectivity index (χ4v) is 5.15. The van der Waals surface area contributed by atoms with Gasteiger partial charge in [-0.2, -0.15) is 0 Å². The summed E-state index contributed by atoms with van der Waals surface area (Å²) in [6, 6.07) is 1.19. The van der Waals surface area contributed by atoms with Gasteiger partial charge in [0.15, 0.2) is 0 Å². The number of sulfonamides is 1. The Morgan fingerprint density at radius 2 is 2.18 bits per heavy atom. The van der Waals surface area contributed by atoms with Gasteiger partial charge >= 0.3 is 5.97 Å². The number of likely N-dealkylation sites (tertiary alicyclic amines) is 1. The summed E-state index contributed by atoms with van der Waals surface area (Å²) in [6.45, 7) is 0.389. The van der Waals surface area contributed by atoms with Crippen molar-refractivity contribution in [3.05, 3.63) is 16.3 Å². The van der Waals surface area contributed by atoms with Crippen LogP contribution in [0.3, 0.4) is 0 Å². The van der Waals surface area contributed by atoms with E-state index < -0.39 is 22.0 Å². The number of hydrogen-bond donors (Lipinski definition) is 1. The molecule has 22 heavy (non-hydrogen) atoms. The highest BCUT2D eigenvalue weighted by atomic mass is 32.2. The highest BCUT2D eigenvalue weighted by Crippen LogP contribution is 2.31. The molecule has 1 aromatic heterocycles. The third-order valence-electron chi connectivity index (χ3n) is 3.76. The first-order valence-corrected chi connectivity index (χ1v) is 9.26. The number of thiophene rings is 1. The Morgan fingerprint density at radius 3 is 2.82 bits per heavy atom. The Labute approximate surface area is 132 Å². The highest BCUT2D eigenvalue weighted by Gasteiger charge is 2.41. The number of methoxy groups -OCH3 is 1. The second-order valence-corrected chi connectivity index (χ2v) is 8.00. The number of esters is 1. The minimum absolute atomic E-state index is 0.0197. The van der Waals surface area contributed by atoms with E-state index in [9.17, 15) is 18.0 Å². The second kappa shape index (κ2) is 5.64. The fourth-order valence-electron chi connectivity index (χ4n) is 2.58. The smallest absolute Gasteiger partial charge is 0.349 e. The number of hydrogen-bond acceptors (Lipinski definition) is 6. The molecule has 7 nitrogen and oxygen atoms in total. The summed E-state index contributed by atoms with van der Waals surface area (Å²) >= 11 is 1.01. The SMILES string of the molecule is COC(=O)c1sccc1S(=O)(=O)N[C@H]1CC(=O)N(C2CC2)C1. The van der Waals surface area contributed by atoms with Crippen LogP contribution in [0.15, 0.2) is 16.3 Å². The zero-order chi connectivity index (χ0) is 15.9. The first kappa shape index (κ1) is 15.4. The predicted octanol–water partition coefficient (Wildman–Crippen LogP) is 0.576. The van der Waals surface area contributed by atoms with Crippen LogP contribution in [0.2, 0.25) is 0 Å². The zero-order valence-corrected chi connectivity index (χ0v) is 13.6. The maximum Gasteiger partial charge on any atom is 0.349 e. The summed E-state index contributed by atoms with van der Waals surface area (Å²) in [5.74, 6) is -0.703. The molecule has 0 unspecified atom stereocenters. The van der Waals surface area contributed by atoms with E-state index in [-0.39, 0.29) is 28.1 Å². The van der Waals surface area contributed by atoms with Crippen LogP contribution in [-0.2, 0) is 19.6 Å². The topological polar surface area (TPSA) is 92.8 Å². The maximum absolute atomic E-state index is 12.4. The molecule has 0 spiro atoms. The van der Waals surface area contributed by atoms with Crippen molar-refractivity contribution in [1.29, 1.82) is 0 Å². The van der Waals surface area contributed by atoms with E-state index in [0.29, 0.717) is 6.54 Å². The molecule has 3 rings (SSSR count). The molecule has 9 heteroatoms. The largest absolute Gasteiger partial charge is 0.465 e. The molecule has 1 atom stereocenters. The molecule has 1 saturated carbocycles. The van der Waals surface area contributed by atoms with Crippen molar-refractivity contribution in [2.45, 2.75) is 36.2 Å². The number of amides is 1. The molecule has 1 aliphatic carbocycles. The lowest BCUT2D eigenvalue weighted by atomic mass is 10.3. The number of nitrogens with one attached hydrogen (secondary N) is 1. The van der Waals surface area contributed by atoms with Gasteiger partial charge in [0.05, 0.1) is 7.11 Å². The molecule has 0 bridgehead atoms. The van der Waals surface area contributed by atoms with Gasteiger partial charge in [-0.1, -0.05) is 0 Å². The van der Waals surface area contributed by atoms with E-state index in [1.165, 1.54) is 18.6 Å². The van der Waals surface area contributed by atoms with E-state index in [1.807, 2.05) is 0 Å². The van der Waals surface area contributed by atoms with Crippen molar-refractivity contribution in [1.82, 2.24) is 9.62 Å². The molecular weight excluding hydrogens is 328 g/mol. The molecule has 1 aliphatic heterocycles. The Balaban J connectivity index is 1.76. The van der Waals surface area contributed by atoms with Gasteiger partial charge in [-0.05, 0) is 24.3 Å². The van der Waals surface area contributed by atoms with Crippen LogP contribution in [-0.4, -0.2) is 50.9 Å². The van der Waals surface area contributed by atoms with E-state index >= 15 is 0 Å². The first-order chi connectivity index (χ1) is 10.4. The highest BCUT2D eigenvalue weighted by molar-refractivity contribution is 7.89. The number of rotatable bonds is 5. The lowest BCUT2D eigenvalue weighted by Gasteiger charge is -2.16. The van der Waals surface area contributed by atoms with Crippen molar-refractivity contribution in [2.24, 2.45) is 0 Å². The van der Waals surface area contributed by atoms with Crippen LogP contribution in [0.1, 0.15) is 28.9 Å². The van der Waals surface area contributed by atoms with Gasteiger partial charge in [-0.25, -0.2) is 17.9 Å². The van der Waals surface area contributed by atoms with Crippen molar-refractivity contribution < 1.29 is 22.7 Å². The average molecular weight is 344 g/mol. The number of ether oxygens (including phenoxy) is 1.